The summed E-state index contributed by atoms with van der Waals surface area (Å²) >= 11 is 0. The summed E-state index contributed by atoms with van der Waals surface area (Å²) in [6.07, 6.45) is 8.48. The highest BCUT2D eigenvalue weighted by molar-refractivity contribution is 5.83. The Kier molecular flexibility index (Phi) is 4.11. The van der Waals surface area contributed by atoms with Crippen LogP contribution in [0.25, 0.3) is 0 Å². The molecule has 1 heterocycles. The van der Waals surface area contributed by atoms with Crippen molar-refractivity contribution in [2.24, 2.45) is 15.7 Å². The summed E-state index contributed by atoms with van der Waals surface area (Å²) in [6.45, 7) is 4.89. The topological polar surface area (TPSA) is 50.7 Å². The van der Waals surface area contributed by atoms with Gasteiger partial charge in [0.15, 0.2) is 0 Å². The van der Waals surface area contributed by atoms with E-state index in [1.54, 1.807) is 12.4 Å². The van der Waals surface area contributed by atoms with E-state index in [1.165, 1.54) is 5.57 Å². The quantitative estimate of drug-likeness (QED) is 0.678. The molecule has 0 saturated carbocycles. The molecular formula is C11H17N3. The fraction of sp³-hybridized carbons (Fsp3) is 0.455. The molecule has 0 bridgehead atoms. The molecule has 76 valence electrons. The van der Waals surface area contributed by atoms with Crippen LogP contribution in [-0.2, 0) is 0 Å². The molecule has 2 N–H and O–H groups in total. The molecule has 14 heavy (non-hydrogen) atoms. The molecule has 0 aliphatic carbocycles. The Hall–Kier alpha value is -1.38. The molecule has 0 radical (unpaired) electrons. The van der Waals surface area contributed by atoms with Gasteiger partial charge in [-0.05, 0) is 37.6 Å². The maximum absolute atomic E-state index is 5.34. The highest BCUT2D eigenvalue weighted by Gasteiger charge is 2.05. The molecule has 0 saturated heterocycles. The summed E-state index contributed by atoms with van der Waals surface area (Å²) in [5, 5.41) is 0. The van der Waals surface area contributed by atoms with Crippen molar-refractivity contribution < 1.29 is 0 Å². The monoisotopic (exact) mass is 191 g/mol. The summed E-state index contributed by atoms with van der Waals surface area (Å²) in [5.74, 6) is 0. The zero-order valence-electron chi connectivity index (χ0n) is 8.77. The zero-order valence-corrected chi connectivity index (χ0v) is 8.77. The Morgan fingerprint density at radius 2 is 2.50 bits per heavy atom. The second kappa shape index (κ2) is 5.37. The van der Waals surface area contributed by atoms with Gasteiger partial charge in [-0.3, -0.25) is 9.98 Å². The van der Waals surface area contributed by atoms with E-state index in [1.807, 2.05) is 13.1 Å². The lowest BCUT2D eigenvalue weighted by molar-refractivity contribution is 0.872. The number of nitrogens with zero attached hydrogens (tertiary/aromatic N) is 2. The van der Waals surface area contributed by atoms with Crippen LogP contribution in [-0.4, -0.2) is 25.0 Å². The molecule has 1 atom stereocenters. The van der Waals surface area contributed by atoms with Gasteiger partial charge in [0.1, 0.15) is 0 Å². The molecule has 0 aromatic rings. The van der Waals surface area contributed by atoms with Crippen LogP contribution in [0.2, 0.25) is 0 Å². The summed E-state index contributed by atoms with van der Waals surface area (Å²) in [7, 11) is 0. The third-order valence-electron chi connectivity index (χ3n) is 2.13. The molecule has 3 heteroatoms. The molecule has 3 nitrogen and oxygen atoms in total. The normalized spacial score (nSPS) is 19.9. The number of aliphatic imine (C=N–C) groups is 2. The van der Waals surface area contributed by atoms with Crippen molar-refractivity contribution in [3.8, 4) is 0 Å². The van der Waals surface area contributed by atoms with Crippen molar-refractivity contribution >= 4 is 12.4 Å². The summed E-state index contributed by atoms with van der Waals surface area (Å²) < 4.78 is 0. The smallest absolute Gasteiger partial charge is 0.0732 e. The third-order valence-corrected chi connectivity index (χ3v) is 2.13. The molecule has 0 fully saturated rings. The van der Waals surface area contributed by atoms with Crippen molar-refractivity contribution in [3.05, 3.63) is 23.4 Å². The highest BCUT2D eigenvalue weighted by atomic mass is 14.8. The Morgan fingerprint density at radius 3 is 3.07 bits per heavy atom. The minimum atomic E-state index is 0.175. The zero-order chi connectivity index (χ0) is 10.4. The Labute approximate surface area is 85.1 Å². The van der Waals surface area contributed by atoms with Crippen molar-refractivity contribution in [2.75, 3.05) is 6.54 Å². The summed E-state index contributed by atoms with van der Waals surface area (Å²) in [4.78, 5) is 8.61. The van der Waals surface area contributed by atoms with Crippen molar-refractivity contribution in [1.82, 2.24) is 0 Å². The molecular weight excluding hydrogens is 174 g/mol. The maximum atomic E-state index is 5.34. The van der Waals surface area contributed by atoms with E-state index in [-0.39, 0.29) is 6.04 Å². The van der Waals surface area contributed by atoms with Crippen molar-refractivity contribution in [2.45, 2.75) is 26.3 Å². The largest absolute Gasteiger partial charge is 0.404 e. The standard InChI is InChI=1S/C11H17N3/c1-9(6-12)7-14-10(2)11-4-3-5-13-8-11/h4,6-8,10H,3,5,12H2,1-2H3. The lowest BCUT2D eigenvalue weighted by Gasteiger charge is -2.10. The van der Waals surface area contributed by atoms with Gasteiger partial charge in [0.2, 0.25) is 0 Å². The van der Waals surface area contributed by atoms with E-state index in [0.29, 0.717) is 0 Å². The first-order chi connectivity index (χ1) is 6.74. The number of dihydropyridines is 1. The first-order valence-corrected chi connectivity index (χ1v) is 4.85. The Morgan fingerprint density at radius 1 is 1.71 bits per heavy atom. The number of hydrogen-bond acceptors (Lipinski definition) is 3. The van der Waals surface area contributed by atoms with E-state index >= 15 is 0 Å². The first kappa shape index (κ1) is 10.7. The van der Waals surface area contributed by atoms with Gasteiger partial charge >= 0.3 is 0 Å². The van der Waals surface area contributed by atoms with Crippen LogP contribution < -0.4 is 5.73 Å². The van der Waals surface area contributed by atoms with E-state index in [9.17, 15) is 0 Å². The van der Waals surface area contributed by atoms with E-state index in [4.69, 9.17) is 5.73 Å². The number of rotatable bonds is 3. The van der Waals surface area contributed by atoms with Gasteiger partial charge in [-0.15, -0.1) is 0 Å². The fourth-order valence-corrected chi connectivity index (χ4v) is 1.17. The van der Waals surface area contributed by atoms with Crippen LogP contribution in [0.5, 0.6) is 0 Å². The minimum absolute atomic E-state index is 0.175. The van der Waals surface area contributed by atoms with E-state index < -0.39 is 0 Å². The first-order valence-electron chi connectivity index (χ1n) is 4.85. The molecule has 0 aromatic heterocycles. The highest BCUT2D eigenvalue weighted by Crippen LogP contribution is 2.09. The average molecular weight is 191 g/mol. The lowest BCUT2D eigenvalue weighted by atomic mass is 10.1. The predicted molar refractivity (Wildman–Crippen MR) is 62.0 cm³/mol. The molecule has 0 aromatic carbocycles. The van der Waals surface area contributed by atoms with Gasteiger partial charge in [-0.2, -0.15) is 0 Å². The van der Waals surface area contributed by atoms with Crippen LogP contribution in [0.1, 0.15) is 20.3 Å². The molecule has 1 rings (SSSR count). The van der Waals surface area contributed by atoms with E-state index in [0.717, 1.165) is 18.5 Å². The molecule has 1 aliphatic rings. The SMILES string of the molecule is CC(C=NC(C)C1=CCCN=C1)=CN. The second-order valence-electron chi connectivity index (χ2n) is 3.39. The molecule has 0 spiro atoms. The van der Waals surface area contributed by atoms with Crippen molar-refractivity contribution in [1.29, 1.82) is 0 Å². The Balaban J connectivity index is 2.57. The van der Waals surface area contributed by atoms with Gasteiger partial charge in [-0.1, -0.05) is 6.08 Å². The van der Waals surface area contributed by atoms with Crippen LogP contribution in [0.3, 0.4) is 0 Å². The fourth-order valence-electron chi connectivity index (χ4n) is 1.17. The summed E-state index contributed by atoms with van der Waals surface area (Å²) in [5.41, 5.74) is 7.51. The van der Waals surface area contributed by atoms with Crippen LogP contribution in [0.15, 0.2) is 33.4 Å². The van der Waals surface area contributed by atoms with Crippen LogP contribution >= 0.6 is 0 Å². The maximum Gasteiger partial charge on any atom is 0.0732 e. The lowest BCUT2D eigenvalue weighted by Crippen LogP contribution is -2.08. The summed E-state index contributed by atoms with van der Waals surface area (Å²) in [6, 6.07) is 0.175. The molecule has 1 unspecified atom stereocenters. The molecule has 0 amide bonds. The second-order valence-corrected chi connectivity index (χ2v) is 3.39. The number of hydrogen-bond donors (Lipinski definition) is 1. The number of nitrogens with two attached hydrogens (primary N) is 1. The van der Waals surface area contributed by atoms with Crippen LogP contribution in [0.4, 0.5) is 0 Å². The van der Waals surface area contributed by atoms with Gasteiger partial charge in [0.05, 0.1) is 6.04 Å². The average Bonchev–Trinajstić information content (AvgIpc) is 2.26. The van der Waals surface area contributed by atoms with E-state index in [2.05, 4.69) is 23.0 Å². The minimum Gasteiger partial charge on any atom is -0.404 e. The third kappa shape index (κ3) is 3.17. The van der Waals surface area contributed by atoms with Crippen LogP contribution in [0, 0.1) is 0 Å². The van der Waals surface area contributed by atoms with Gasteiger partial charge in [-0.25, -0.2) is 0 Å². The van der Waals surface area contributed by atoms with Gasteiger partial charge in [0, 0.05) is 19.0 Å². The number of allylic oxidation sites excluding steroid dienone is 1. The van der Waals surface area contributed by atoms with Gasteiger partial charge < -0.3 is 5.73 Å². The Bertz CT molecular complexity index is 298. The molecule has 1 aliphatic heterocycles. The van der Waals surface area contributed by atoms with Gasteiger partial charge in [0.25, 0.3) is 0 Å². The predicted octanol–water partition coefficient (Wildman–Crippen LogP) is 1.71. The van der Waals surface area contributed by atoms with Crippen molar-refractivity contribution in [3.63, 3.8) is 0 Å².